The van der Waals surface area contributed by atoms with Crippen LogP contribution in [0, 0.1) is 5.82 Å². The predicted octanol–water partition coefficient (Wildman–Crippen LogP) is 2.09. The maximum Gasteiger partial charge on any atom is 0.310 e. The number of pyridine rings is 1. The molecule has 0 unspecified atom stereocenters. The van der Waals surface area contributed by atoms with E-state index in [4.69, 9.17) is 4.74 Å². The number of esters is 1. The Bertz CT molecular complexity index is 323. The molecule has 0 saturated carbocycles. The zero-order valence-corrected chi connectivity index (χ0v) is 9.17. The zero-order chi connectivity index (χ0) is 10.6. The number of nitrogens with zero attached hydrogens (tertiary/aromatic N) is 1. The van der Waals surface area contributed by atoms with Crippen LogP contribution in [0.4, 0.5) is 4.39 Å². The van der Waals surface area contributed by atoms with Crippen molar-refractivity contribution in [1.82, 2.24) is 4.98 Å². The van der Waals surface area contributed by atoms with Crippen LogP contribution in [0.1, 0.15) is 12.5 Å². The largest absolute Gasteiger partial charge is 0.466 e. The molecule has 0 aliphatic heterocycles. The molecule has 3 nitrogen and oxygen atoms in total. The van der Waals surface area contributed by atoms with E-state index in [0.717, 1.165) is 6.20 Å². The Morgan fingerprint density at radius 2 is 2.36 bits per heavy atom. The molecule has 0 fully saturated rings. The van der Waals surface area contributed by atoms with E-state index in [1.165, 1.54) is 6.20 Å². The molecule has 0 spiro atoms. The van der Waals surface area contributed by atoms with Crippen LogP contribution in [0.5, 0.6) is 0 Å². The molecule has 1 aromatic heterocycles. The second-order valence-corrected chi connectivity index (χ2v) is 3.42. The number of rotatable bonds is 3. The molecule has 0 aliphatic rings. The Hall–Kier alpha value is -0.970. The van der Waals surface area contributed by atoms with Gasteiger partial charge >= 0.3 is 5.97 Å². The van der Waals surface area contributed by atoms with Crippen molar-refractivity contribution < 1.29 is 13.9 Å². The third kappa shape index (κ3) is 2.77. The third-order valence-electron chi connectivity index (χ3n) is 1.58. The van der Waals surface area contributed by atoms with Crippen LogP contribution in [-0.2, 0) is 16.0 Å². The van der Waals surface area contributed by atoms with Crippen molar-refractivity contribution in [3.8, 4) is 0 Å². The number of ether oxygens (including phenoxy) is 1. The Morgan fingerprint density at radius 3 is 2.93 bits per heavy atom. The Labute approximate surface area is 89.4 Å². The summed E-state index contributed by atoms with van der Waals surface area (Å²) in [6.07, 6.45) is 2.43. The molecule has 0 saturated heterocycles. The standard InChI is InChI=1S/C9H9BrFNO2/c1-2-14-9(13)3-6-7(10)4-12-5-8(6)11/h4-5H,2-3H2,1H3. The van der Waals surface area contributed by atoms with Crippen LogP contribution in [-0.4, -0.2) is 17.6 Å². The Kier molecular flexibility index (Phi) is 4.00. The van der Waals surface area contributed by atoms with Gasteiger partial charge in [0.05, 0.1) is 19.2 Å². The van der Waals surface area contributed by atoms with Gasteiger partial charge in [-0.1, -0.05) is 0 Å². The zero-order valence-electron chi connectivity index (χ0n) is 7.59. The van der Waals surface area contributed by atoms with Gasteiger partial charge in [-0.2, -0.15) is 0 Å². The monoisotopic (exact) mass is 261 g/mol. The first kappa shape index (κ1) is 11.1. The number of aromatic nitrogens is 1. The molecule has 76 valence electrons. The van der Waals surface area contributed by atoms with E-state index in [1.54, 1.807) is 6.92 Å². The highest BCUT2D eigenvalue weighted by Crippen LogP contribution is 2.18. The summed E-state index contributed by atoms with van der Waals surface area (Å²) in [7, 11) is 0. The minimum absolute atomic E-state index is 0.0806. The van der Waals surface area contributed by atoms with E-state index < -0.39 is 11.8 Å². The van der Waals surface area contributed by atoms with Crippen molar-refractivity contribution in [1.29, 1.82) is 0 Å². The van der Waals surface area contributed by atoms with Crippen molar-refractivity contribution in [2.75, 3.05) is 6.61 Å². The van der Waals surface area contributed by atoms with E-state index in [0.29, 0.717) is 11.1 Å². The fraction of sp³-hybridized carbons (Fsp3) is 0.333. The summed E-state index contributed by atoms with van der Waals surface area (Å²) in [6.45, 7) is 2.00. The lowest BCUT2D eigenvalue weighted by Crippen LogP contribution is -2.09. The van der Waals surface area contributed by atoms with Crippen LogP contribution in [0.3, 0.4) is 0 Å². The van der Waals surface area contributed by atoms with Crippen LogP contribution in [0.2, 0.25) is 0 Å². The summed E-state index contributed by atoms with van der Waals surface area (Å²) >= 11 is 3.12. The number of carbonyl (C=O) groups is 1. The highest BCUT2D eigenvalue weighted by atomic mass is 79.9. The molecule has 1 aromatic rings. The Balaban J connectivity index is 2.80. The van der Waals surface area contributed by atoms with Gasteiger partial charge in [0, 0.05) is 16.2 Å². The van der Waals surface area contributed by atoms with Crippen molar-refractivity contribution in [2.45, 2.75) is 13.3 Å². The summed E-state index contributed by atoms with van der Waals surface area (Å²) in [6, 6.07) is 0. The first-order valence-electron chi connectivity index (χ1n) is 4.08. The van der Waals surface area contributed by atoms with Crippen LogP contribution in [0.15, 0.2) is 16.9 Å². The molecular formula is C9H9BrFNO2. The van der Waals surface area contributed by atoms with Gasteiger partial charge in [-0.15, -0.1) is 0 Å². The van der Waals surface area contributed by atoms with Crippen LogP contribution >= 0.6 is 15.9 Å². The minimum atomic E-state index is -0.507. The molecule has 0 radical (unpaired) electrons. The van der Waals surface area contributed by atoms with Crippen LogP contribution in [0.25, 0.3) is 0 Å². The van der Waals surface area contributed by atoms with Gasteiger partial charge < -0.3 is 4.74 Å². The van der Waals surface area contributed by atoms with Crippen molar-refractivity contribution >= 4 is 21.9 Å². The molecule has 5 heteroatoms. The average molecular weight is 262 g/mol. The maximum atomic E-state index is 13.2. The minimum Gasteiger partial charge on any atom is -0.466 e. The smallest absolute Gasteiger partial charge is 0.310 e. The van der Waals surface area contributed by atoms with E-state index in [-0.39, 0.29) is 12.0 Å². The number of carbonyl (C=O) groups excluding carboxylic acids is 1. The number of hydrogen-bond acceptors (Lipinski definition) is 3. The number of halogens is 2. The van der Waals surface area contributed by atoms with Gasteiger partial charge in [0.25, 0.3) is 0 Å². The normalized spacial score (nSPS) is 9.93. The lowest BCUT2D eigenvalue weighted by Gasteiger charge is -2.04. The second-order valence-electron chi connectivity index (χ2n) is 2.56. The molecule has 1 rings (SSSR count). The molecule has 0 aromatic carbocycles. The van der Waals surface area contributed by atoms with E-state index >= 15 is 0 Å². The highest BCUT2D eigenvalue weighted by Gasteiger charge is 2.12. The molecule has 0 atom stereocenters. The molecule has 1 heterocycles. The van der Waals surface area contributed by atoms with Crippen molar-refractivity contribution in [3.63, 3.8) is 0 Å². The fourth-order valence-corrected chi connectivity index (χ4v) is 1.41. The summed E-state index contributed by atoms with van der Waals surface area (Å²) in [4.78, 5) is 14.7. The third-order valence-corrected chi connectivity index (χ3v) is 2.26. The first-order chi connectivity index (χ1) is 6.65. The van der Waals surface area contributed by atoms with Crippen molar-refractivity contribution in [2.24, 2.45) is 0 Å². The molecule has 0 bridgehead atoms. The topological polar surface area (TPSA) is 39.2 Å². The van der Waals surface area contributed by atoms with Gasteiger partial charge in [-0.25, -0.2) is 4.39 Å². The molecule has 14 heavy (non-hydrogen) atoms. The van der Waals surface area contributed by atoms with Gasteiger partial charge in [0.2, 0.25) is 0 Å². The van der Waals surface area contributed by atoms with Gasteiger partial charge in [-0.3, -0.25) is 9.78 Å². The van der Waals surface area contributed by atoms with E-state index in [1.807, 2.05) is 0 Å². The SMILES string of the molecule is CCOC(=O)Cc1c(F)cncc1Br. The van der Waals surface area contributed by atoms with Crippen LogP contribution < -0.4 is 0 Å². The number of hydrogen-bond donors (Lipinski definition) is 0. The summed E-state index contributed by atoms with van der Waals surface area (Å²) < 4.78 is 18.3. The summed E-state index contributed by atoms with van der Waals surface area (Å²) in [5.41, 5.74) is 0.276. The Morgan fingerprint density at radius 1 is 1.64 bits per heavy atom. The lowest BCUT2D eigenvalue weighted by molar-refractivity contribution is -0.142. The second kappa shape index (κ2) is 5.05. The van der Waals surface area contributed by atoms with Gasteiger partial charge in [0.1, 0.15) is 5.82 Å². The molecule has 0 N–H and O–H groups in total. The molecular weight excluding hydrogens is 253 g/mol. The van der Waals surface area contributed by atoms with E-state index in [2.05, 4.69) is 20.9 Å². The van der Waals surface area contributed by atoms with Gasteiger partial charge in [0.15, 0.2) is 0 Å². The first-order valence-corrected chi connectivity index (χ1v) is 4.88. The predicted molar refractivity (Wildman–Crippen MR) is 52.2 cm³/mol. The average Bonchev–Trinajstić information content (AvgIpc) is 2.12. The lowest BCUT2D eigenvalue weighted by atomic mass is 10.2. The molecule has 0 amide bonds. The van der Waals surface area contributed by atoms with Gasteiger partial charge in [-0.05, 0) is 22.9 Å². The summed E-state index contributed by atoms with van der Waals surface area (Å²) in [5, 5.41) is 0. The highest BCUT2D eigenvalue weighted by molar-refractivity contribution is 9.10. The quantitative estimate of drug-likeness (QED) is 0.783. The molecule has 0 aliphatic carbocycles. The maximum absolute atomic E-state index is 13.2. The van der Waals surface area contributed by atoms with Crippen molar-refractivity contribution in [3.05, 3.63) is 28.2 Å². The summed E-state index contributed by atoms with van der Waals surface area (Å²) in [5.74, 6) is -0.953. The van der Waals surface area contributed by atoms with E-state index in [9.17, 15) is 9.18 Å². The fourth-order valence-electron chi connectivity index (χ4n) is 0.963.